The highest BCUT2D eigenvalue weighted by Crippen LogP contribution is 2.23. The van der Waals surface area contributed by atoms with Crippen LogP contribution in [0.3, 0.4) is 0 Å². The van der Waals surface area contributed by atoms with Gasteiger partial charge >= 0.3 is 6.03 Å². The summed E-state index contributed by atoms with van der Waals surface area (Å²) in [4.78, 5) is 16.8. The number of carbonyl (C=O) groups excluding carboxylic acids is 1. The maximum absolute atomic E-state index is 12.5. The average molecular weight is 347 g/mol. The fourth-order valence-electron chi connectivity index (χ4n) is 3.68. The molecule has 0 radical (unpaired) electrons. The summed E-state index contributed by atoms with van der Waals surface area (Å²) in [5, 5.41) is 3.20. The maximum atomic E-state index is 12.5. The maximum Gasteiger partial charge on any atom is 0.317 e. The minimum atomic E-state index is 0.0462. The number of benzene rings is 1. The number of carbonyl (C=O) groups is 1. The van der Waals surface area contributed by atoms with Crippen molar-refractivity contribution in [3.8, 4) is 5.75 Å². The van der Waals surface area contributed by atoms with Crippen LogP contribution in [0.5, 0.6) is 5.75 Å². The Morgan fingerprint density at radius 1 is 1.12 bits per heavy atom. The van der Waals surface area contributed by atoms with Crippen molar-refractivity contribution in [1.82, 2.24) is 10.2 Å². The molecule has 0 saturated carbocycles. The first-order valence-electron chi connectivity index (χ1n) is 9.15. The second kappa shape index (κ2) is 7.95. The molecule has 25 heavy (non-hydrogen) atoms. The molecule has 2 aliphatic heterocycles. The molecule has 0 aromatic heterocycles. The summed E-state index contributed by atoms with van der Waals surface area (Å²) in [7, 11) is 1.68. The van der Waals surface area contributed by atoms with Gasteiger partial charge in [0, 0.05) is 37.9 Å². The molecule has 0 aliphatic carbocycles. The molecule has 2 fully saturated rings. The van der Waals surface area contributed by atoms with Crippen LogP contribution in [0.2, 0.25) is 0 Å². The number of morpholine rings is 1. The molecule has 2 atom stereocenters. The van der Waals surface area contributed by atoms with Crippen LogP contribution in [0.25, 0.3) is 0 Å². The lowest BCUT2D eigenvalue weighted by Crippen LogP contribution is -2.55. The monoisotopic (exact) mass is 347 g/mol. The number of hydrogen-bond acceptors (Lipinski definition) is 4. The van der Waals surface area contributed by atoms with E-state index in [0.29, 0.717) is 13.1 Å². The van der Waals surface area contributed by atoms with E-state index in [1.165, 1.54) is 5.69 Å². The highest BCUT2D eigenvalue weighted by atomic mass is 16.5. The van der Waals surface area contributed by atoms with Crippen molar-refractivity contribution in [2.24, 2.45) is 0 Å². The molecule has 6 nitrogen and oxygen atoms in total. The van der Waals surface area contributed by atoms with E-state index in [2.05, 4.69) is 22.3 Å². The Bertz CT molecular complexity index is 560. The summed E-state index contributed by atoms with van der Waals surface area (Å²) in [6.45, 7) is 7.27. The molecule has 0 bridgehead atoms. The molecule has 2 heterocycles. The van der Waals surface area contributed by atoms with Gasteiger partial charge in [0.05, 0.1) is 19.3 Å². The first-order valence-corrected chi connectivity index (χ1v) is 9.15. The van der Waals surface area contributed by atoms with Crippen molar-refractivity contribution in [1.29, 1.82) is 0 Å². The molecule has 1 aromatic rings. The van der Waals surface area contributed by atoms with Crippen molar-refractivity contribution in [3.05, 3.63) is 24.3 Å². The summed E-state index contributed by atoms with van der Waals surface area (Å²) in [5.41, 5.74) is 1.21. The van der Waals surface area contributed by atoms with Gasteiger partial charge in [0.25, 0.3) is 0 Å². The van der Waals surface area contributed by atoms with E-state index in [0.717, 1.165) is 31.7 Å². The molecular weight excluding hydrogens is 318 g/mol. The van der Waals surface area contributed by atoms with Crippen LogP contribution in [0.15, 0.2) is 24.3 Å². The van der Waals surface area contributed by atoms with Crippen LogP contribution < -0.4 is 15.0 Å². The van der Waals surface area contributed by atoms with Crippen molar-refractivity contribution in [2.45, 2.75) is 44.9 Å². The van der Waals surface area contributed by atoms with Crippen molar-refractivity contribution < 1.29 is 14.3 Å². The smallest absolute Gasteiger partial charge is 0.317 e. The minimum Gasteiger partial charge on any atom is -0.497 e. The molecule has 0 spiro atoms. The van der Waals surface area contributed by atoms with Gasteiger partial charge in [-0.05, 0) is 51.0 Å². The van der Waals surface area contributed by atoms with Gasteiger partial charge in [-0.1, -0.05) is 0 Å². The van der Waals surface area contributed by atoms with Crippen LogP contribution in [0.4, 0.5) is 10.5 Å². The normalized spacial score (nSPS) is 24.9. The zero-order valence-electron chi connectivity index (χ0n) is 15.4. The van der Waals surface area contributed by atoms with Crippen molar-refractivity contribution in [3.63, 3.8) is 0 Å². The van der Waals surface area contributed by atoms with Crippen LogP contribution in [0, 0.1) is 0 Å². The van der Waals surface area contributed by atoms with Crippen molar-refractivity contribution >= 4 is 11.7 Å². The van der Waals surface area contributed by atoms with Crippen molar-refractivity contribution in [2.75, 3.05) is 38.2 Å². The molecule has 138 valence electrons. The van der Waals surface area contributed by atoms with Crippen LogP contribution in [-0.4, -0.2) is 62.5 Å². The molecule has 1 N–H and O–H groups in total. The van der Waals surface area contributed by atoms with Gasteiger partial charge < -0.3 is 24.6 Å². The summed E-state index contributed by atoms with van der Waals surface area (Å²) in [5.74, 6) is 0.875. The SMILES string of the molecule is COc1ccc(N2CCC(NC(=O)N3C[C@@H](C)O[C@H](C)C3)CC2)cc1. The van der Waals surface area contributed by atoms with Gasteiger partial charge in [0.2, 0.25) is 0 Å². The van der Waals surface area contributed by atoms with E-state index < -0.39 is 0 Å². The Morgan fingerprint density at radius 3 is 2.28 bits per heavy atom. The summed E-state index contributed by atoms with van der Waals surface area (Å²) in [6.07, 6.45) is 2.14. The number of nitrogens with zero attached hydrogens (tertiary/aromatic N) is 2. The number of anilines is 1. The second-order valence-electron chi connectivity index (χ2n) is 7.07. The van der Waals surface area contributed by atoms with E-state index in [1.54, 1.807) is 7.11 Å². The molecule has 2 saturated heterocycles. The van der Waals surface area contributed by atoms with E-state index in [4.69, 9.17) is 9.47 Å². The number of hydrogen-bond donors (Lipinski definition) is 1. The van der Waals surface area contributed by atoms with Gasteiger partial charge in [-0.3, -0.25) is 0 Å². The number of rotatable bonds is 3. The molecule has 0 unspecified atom stereocenters. The Morgan fingerprint density at radius 2 is 1.72 bits per heavy atom. The summed E-state index contributed by atoms with van der Waals surface area (Å²) in [6, 6.07) is 8.46. The van der Waals surface area contributed by atoms with Gasteiger partial charge in [0.15, 0.2) is 0 Å². The predicted molar refractivity (Wildman–Crippen MR) is 98.3 cm³/mol. The number of nitrogens with one attached hydrogen (secondary N) is 1. The van der Waals surface area contributed by atoms with Gasteiger partial charge in [-0.2, -0.15) is 0 Å². The number of methoxy groups -OCH3 is 1. The number of urea groups is 1. The van der Waals surface area contributed by atoms with Gasteiger partial charge in [-0.15, -0.1) is 0 Å². The Balaban J connectivity index is 1.48. The fourth-order valence-corrected chi connectivity index (χ4v) is 3.68. The third-order valence-corrected chi connectivity index (χ3v) is 4.97. The molecular formula is C19H29N3O3. The highest BCUT2D eigenvalue weighted by molar-refractivity contribution is 5.74. The third-order valence-electron chi connectivity index (χ3n) is 4.97. The number of ether oxygens (including phenoxy) is 2. The lowest BCUT2D eigenvalue weighted by atomic mass is 10.0. The van der Waals surface area contributed by atoms with Gasteiger partial charge in [0.1, 0.15) is 5.75 Å². The Labute approximate surface area is 150 Å². The highest BCUT2D eigenvalue weighted by Gasteiger charge is 2.28. The molecule has 2 amide bonds. The molecule has 2 aliphatic rings. The third kappa shape index (κ3) is 4.57. The average Bonchev–Trinajstić information content (AvgIpc) is 2.61. The lowest BCUT2D eigenvalue weighted by molar-refractivity contribution is -0.0548. The summed E-state index contributed by atoms with van der Waals surface area (Å²) >= 11 is 0. The van der Waals surface area contributed by atoms with E-state index in [1.807, 2.05) is 30.9 Å². The first kappa shape index (κ1) is 17.9. The number of amides is 2. The van der Waals surface area contributed by atoms with Crippen LogP contribution in [0.1, 0.15) is 26.7 Å². The predicted octanol–water partition coefficient (Wildman–Crippen LogP) is 2.48. The zero-order chi connectivity index (χ0) is 17.8. The second-order valence-corrected chi connectivity index (χ2v) is 7.07. The first-order chi connectivity index (χ1) is 12.0. The Hall–Kier alpha value is -1.95. The standard InChI is InChI=1S/C19H29N3O3/c1-14-12-22(13-15(2)25-14)19(23)20-16-8-10-21(11-9-16)17-4-6-18(24-3)7-5-17/h4-7,14-16H,8-13H2,1-3H3,(H,20,23)/t14-,15-/m1/s1. The number of piperidine rings is 1. The van der Waals surface area contributed by atoms with E-state index in [-0.39, 0.29) is 24.3 Å². The van der Waals surface area contributed by atoms with Gasteiger partial charge in [-0.25, -0.2) is 4.79 Å². The van der Waals surface area contributed by atoms with Crippen LogP contribution >= 0.6 is 0 Å². The van der Waals surface area contributed by atoms with E-state index in [9.17, 15) is 4.79 Å². The molecule has 6 heteroatoms. The summed E-state index contributed by atoms with van der Waals surface area (Å²) < 4.78 is 10.9. The lowest BCUT2D eigenvalue weighted by Gasteiger charge is -2.38. The van der Waals surface area contributed by atoms with E-state index >= 15 is 0 Å². The Kier molecular flexibility index (Phi) is 5.68. The topological polar surface area (TPSA) is 54.0 Å². The fraction of sp³-hybridized carbons (Fsp3) is 0.632. The zero-order valence-corrected chi connectivity index (χ0v) is 15.4. The van der Waals surface area contributed by atoms with Crippen LogP contribution in [-0.2, 0) is 4.74 Å². The molecule has 1 aromatic carbocycles. The largest absolute Gasteiger partial charge is 0.497 e. The molecule has 3 rings (SSSR count). The quantitative estimate of drug-likeness (QED) is 0.913. The minimum absolute atomic E-state index is 0.0462.